The molecule has 2 aromatic heterocycles. The third kappa shape index (κ3) is 1.54. The van der Waals surface area contributed by atoms with E-state index in [9.17, 15) is 0 Å². The molecule has 0 aliphatic heterocycles. The quantitative estimate of drug-likeness (QED) is 0.459. The van der Waals surface area contributed by atoms with E-state index in [1.54, 1.807) is 0 Å². The van der Waals surface area contributed by atoms with Crippen LogP contribution in [0.25, 0.3) is 27.4 Å². The van der Waals surface area contributed by atoms with Crippen molar-refractivity contribution < 1.29 is 0 Å². The third-order valence-corrected chi connectivity index (χ3v) is 3.48. The van der Waals surface area contributed by atoms with Crippen LogP contribution in [0.2, 0.25) is 0 Å². The Balaban J connectivity index is 2.15. The van der Waals surface area contributed by atoms with Crippen molar-refractivity contribution in [3.05, 3.63) is 73.2 Å². The van der Waals surface area contributed by atoms with Crippen LogP contribution in [0.15, 0.2) is 73.2 Å². The highest BCUT2D eigenvalue weighted by molar-refractivity contribution is 6.07. The van der Waals surface area contributed by atoms with Gasteiger partial charge in [-0.25, -0.2) is 0 Å². The monoisotopic (exact) mass is 244 g/mol. The summed E-state index contributed by atoms with van der Waals surface area (Å²) in [5.74, 6) is 0. The number of nitrogens with zero attached hydrogens (tertiary/aromatic N) is 2. The van der Waals surface area contributed by atoms with Gasteiger partial charge in [0.25, 0.3) is 0 Å². The highest BCUT2D eigenvalue weighted by atomic mass is 15.0. The van der Waals surface area contributed by atoms with Gasteiger partial charge in [-0.2, -0.15) is 0 Å². The Morgan fingerprint density at radius 3 is 2.42 bits per heavy atom. The van der Waals surface area contributed by atoms with Crippen molar-refractivity contribution in [2.24, 2.45) is 0 Å². The lowest BCUT2D eigenvalue weighted by molar-refractivity contribution is 1.09. The molecule has 2 heterocycles. The Morgan fingerprint density at radius 2 is 1.53 bits per heavy atom. The van der Waals surface area contributed by atoms with Crippen molar-refractivity contribution in [3.63, 3.8) is 0 Å². The normalized spacial score (nSPS) is 11.2. The molecule has 4 aromatic rings. The number of hydrogen-bond donors (Lipinski definition) is 0. The van der Waals surface area contributed by atoms with Crippen LogP contribution in [0.5, 0.6) is 0 Å². The van der Waals surface area contributed by atoms with Crippen molar-refractivity contribution in [2.45, 2.75) is 0 Å². The molecule has 0 atom stereocenters. The standard InChI is InChI=1S/C17H12N2/c1-2-7-14-13(6-1)12-18-17-15(14)8-5-9-16(17)19-10-3-4-11-19/h1-12H. The third-order valence-electron chi connectivity index (χ3n) is 3.48. The van der Waals surface area contributed by atoms with Crippen molar-refractivity contribution in [2.75, 3.05) is 0 Å². The maximum Gasteiger partial charge on any atom is 0.0948 e. The van der Waals surface area contributed by atoms with E-state index in [-0.39, 0.29) is 0 Å². The summed E-state index contributed by atoms with van der Waals surface area (Å²) in [7, 11) is 0. The SMILES string of the molecule is c1ccc2c(c1)cnc1c(-n3cccc3)cccc12. The molecule has 0 amide bonds. The number of pyridine rings is 1. The van der Waals surface area contributed by atoms with Gasteiger partial charge in [-0.05, 0) is 23.6 Å². The average molecular weight is 244 g/mol. The molecule has 90 valence electrons. The minimum atomic E-state index is 1.04. The van der Waals surface area contributed by atoms with E-state index >= 15 is 0 Å². The molecule has 0 N–H and O–H groups in total. The summed E-state index contributed by atoms with van der Waals surface area (Å²) in [4.78, 5) is 4.64. The molecule has 0 aliphatic carbocycles. The number of para-hydroxylation sites is 1. The van der Waals surface area contributed by atoms with E-state index in [2.05, 4.69) is 45.9 Å². The lowest BCUT2D eigenvalue weighted by Crippen LogP contribution is -1.93. The van der Waals surface area contributed by atoms with Crippen LogP contribution < -0.4 is 0 Å². The number of hydrogen-bond acceptors (Lipinski definition) is 1. The van der Waals surface area contributed by atoms with Crippen LogP contribution in [0.1, 0.15) is 0 Å². The van der Waals surface area contributed by atoms with Gasteiger partial charge in [0.15, 0.2) is 0 Å². The Morgan fingerprint density at radius 1 is 0.737 bits per heavy atom. The molecule has 0 bridgehead atoms. The van der Waals surface area contributed by atoms with Crippen LogP contribution in [0.4, 0.5) is 0 Å². The van der Waals surface area contributed by atoms with Crippen LogP contribution in [-0.2, 0) is 0 Å². The fraction of sp³-hybridized carbons (Fsp3) is 0. The average Bonchev–Trinajstić information content (AvgIpc) is 3.00. The fourth-order valence-electron chi connectivity index (χ4n) is 2.58. The van der Waals surface area contributed by atoms with Gasteiger partial charge in [0, 0.05) is 29.4 Å². The van der Waals surface area contributed by atoms with E-state index < -0.39 is 0 Å². The van der Waals surface area contributed by atoms with Crippen molar-refractivity contribution in [3.8, 4) is 5.69 Å². The molecule has 0 saturated heterocycles. The summed E-state index contributed by atoms with van der Waals surface area (Å²) in [6.45, 7) is 0. The summed E-state index contributed by atoms with van der Waals surface area (Å²) < 4.78 is 2.10. The largest absolute Gasteiger partial charge is 0.322 e. The minimum Gasteiger partial charge on any atom is -0.322 e. The summed E-state index contributed by atoms with van der Waals surface area (Å²) in [6.07, 6.45) is 6.04. The Kier molecular flexibility index (Phi) is 2.15. The zero-order valence-electron chi connectivity index (χ0n) is 10.3. The zero-order valence-corrected chi connectivity index (χ0v) is 10.3. The molecule has 0 fully saturated rings. The van der Waals surface area contributed by atoms with E-state index in [1.165, 1.54) is 16.2 Å². The van der Waals surface area contributed by atoms with Gasteiger partial charge >= 0.3 is 0 Å². The molecule has 4 rings (SSSR count). The second kappa shape index (κ2) is 3.95. The molecule has 0 spiro atoms. The smallest absolute Gasteiger partial charge is 0.0948 e. The second-order valence-electron chi connectivity index (χ2n) is 4.61. The predicted molar refractivity (Wildman–Crippen MR) is 78.6 cm³/mol. The molecule has 19 heavy (non-hydrogen) atoms. The summed E-state index contributed by atoms with van der Waals surface area (Å²) in [5.41, 5.74) is 2.16. The van der Waals surface area contributed by atoms with Gasteiger partial charge in [-0.3, -0.25) is 4.98 Å². The predicted octanol–water partition coefficient (Wildman–Crippen LogP) is 4.18. The first kappa shape index (κ1) is 10.3. The van der Waals surface area contributed by atoms with Gasteiger partial charge in [-0.15, -0.1) is 0 Å². The molecule has 0 radical (unpaired) electrons. The first-order valence-corrected chi connectivity index (χ1v) is 6.33. The van der Waals surface area contributed by atoms with E-state index in [0.717, 1.165) is 11.2 Å². The molecule has 2 aromatic carbocycles. The van der Waals surface area contributed by atoms with Crippen LogP contribution in [0, 0.1) is 0 Å². The Bertz CT molecular complexity index is 861. The van der Waals surface area contributed by atoms with Crippen molar-refractivity contribution >= 4 is 21.7 Å². The summed E-state index contributed by atoms with van der Waals surface area (Å²) >= 11 is 0. The number of rotatable bonds is 1. The Labute approximate surface area is 110 Å². The van der Waals surface area contributed by atoms with Crippen LogP contribution >= 0.6 is 0 Å². The molecular weight excluding hydrogens is 232 g/mol. The molecule has 2 nitrogen and oxygen atoms in total. The van der Waals surface area contributed by atoms with Gasteiger partial charge in [0.1, 0.15) is 0 Å². The number of aromatic nitrogens is 2. The Hall–Kier alpha value is -2.61. The maximum absolute atomic E-state index is 4.64. The van der Waals surface area contributed by atoms with Gasteiger partial charge in [0.2, 0.25) is 0 Å². The first-order chi connectivity index (χ1) is 9.43. The van der Waals surface area contributed by atoms with E-state index in [1.807, 2.05) is 36.8 Å². The first-order valence-electron chi connectivity index (χ1n) is 6.33. The molecule has 0 unspecified atom stereocenters. The highest BCUT2D eigenvalue weighted by Crippen LogP contribution is 2.27. The number of fused-ring (bicyclic) bond motifs is 3. The summed E-state index contributed by atoms with van der Waals surface area (Å²) in [5, 5.41) is 3.63. The molecule has 0 aliphatic rings. The summed E-state index contributed by atoms with van der Waals surface area (Å²) in [6, 6.07) is 18.8. The van der Waals surface area contributed by atoms with Crippen LogP contribution in [0.3, 0.4) is 0 Å². The van der Waals surface area contributed by atoms with E-state index in [4.69, 9.17) is 0 Å². The molecular formula is C17H12N2. The zero-order chi connectivity index (χ0) is 12.7. The molecule has 0 saturated carbocycles. The van der Waals surface area contributed by atoms with Gasteiger partial charge < -0.3 is 4.57 Å². The number of benzene rings is 2. The maximum atomic E-state index is 4.64. The van der Waals surface area contributed by atoms with Gasteiger partial charge in [-0.1, -0.05) is 36.4 Å². The highest BCUT2D eigenvalue weighted by Gasteiger charge is 2.06. The topological polar surface area (TPSA) is 17.8 Å². The van der Waals surface area contributed by atoms with Crippen LogP contribution in [-0.4, -0.2) is 9.55 Å². The van der Waals surface area contributed by atoms with Crippen molar-refractivity contribution in [1.29, 1.82) is 0 Å². The molecule has 2 heteroatoms. The van der Waals surface area contributed by atoms with E-state index in [0.29, 0.717) is 0 Å². The fourth-order valence-corrected chi connectivity index (χ4v) is 2.58. The second-order valence-corrected chi connectivity index (χ2v) is 4.61. The minimum absolute atomic E-state index is 1.04. The lowest BCUT2D eigenvalue weighted by Gasteiger charge is -2.09. The lowest BCUT2D eigenvalue weighted by atomic mass is 10.1. The van der Waals surface area contributed by atoms with Gasteiger partial charge in [0.05, 0.1) is 11.2 Å². The van der Waals surface area contributed by atoms with Crippen molar-refractivity contribution in [1.82, 2.24) is 9.55 Å².